The molecule has 3 aromatic rings. The van der Waals surface area contributed by atoms with E-state index in [2.05, 4.69) is 17.2 Å². The van der Waals surface area contributed by atoms with Gasteiger partial charge in [-0.3, -0.25) is 4.79 Å². The number of amides is 1. The first-order valence-corrected chi connectivity index (χ1v) is 8.52. The predicted molar refractivity (Wildman–Crippen MR) is 99.8 cm³/mol. The Bertz CT molecular complexity index is 879. The summed E-state index contributed by atoms with van der Waals surface area (Å²) in [5.74, 6) is 1.49. The lowest BCUT2D eigenvalue weighted by molar-refractivity contribution is 0.102. The van der Waals surface area contributed by atoms with Gasteiger partial charge in [0, 0.05) is 23.2 Å². The van der Waals surface area contributed by atoms with E-state index in [-0.39, 0.29) is 5.91 Å². The van der Waals surface area contributed by atoms with Crippen LogP contribution in [0.25, 0.3) is 11.3 Å². The average Bonchev–Trinajstić information content (AvgIpc) is 2.97. The highest BCUT2D eigenvalue weighted by Gasteiger charge is 2.12. The first-order chi connectivity index (χ1) is 12.1. The van der Waals surface area contributed by atoms with E-state index in [9.17, 15) is 4.79 Å². The molecule has 0 saturated carbocycles. The second-order valence-electron chi connectivity index (χ2n) is 6.11. The average molecular weight is 334 g/mol. The van der Waals surface area contributed by atoms with Crippen molar-refractivity contribution in [1.29, 1.82) is 0 Å². The van der Waals surface area contributed by atoms with Crippen LogP contribution in [0.5, 0.6) is 0 Å². The number of hydrogen-bond donors (Lipinski definition) is 1. The number of carbonyl (C=O) groups excluding carboxylic acids is 1. The lowest BCUT2D eigenvalue weighted by Gasteiger charge is -2.08. The molecule has 3 rings (SSSR count). The standard InChI is InChI=1S/C21H22N2O2/c1-4-7-19-23-20(15(3)25-19)16-10-12-17(13-11-16)22-21(24)18-9-6-5-8-14(18)2/h5-6,8-13H,4,7H2,1-3H3,(H,22,24). The molecule has 1 amide bonds. The van der Waals surface area contributed by atoms with E-state index in [4.69, 9.17) is 4.42 Å². The van der Waals surface area contributed by atoms with Crippen molar-refractivity contribution in [2.45, 2.75) is 33.6 Å². The summed E-state index contributed by atoms with van der Waals surface area (Å²) in [5, 5.41) is 2.94. The first-order valence-electron chi connectivity index (χ1n) is 8.52. The molecule has 0 bridgehead atoms. The summed E-state index contributed by atoms with van der Waals surface area (Å²) in [5.41, 5.74) is 4.24. The molecule has 4 nitrogen and oxygen atoms in total. The molecule has 4 heteroatoms. The van der Waals surface area contributed by atoms with E-state index >= 15 is 0 Å². The fourth-order valence-corrected chi connectivity index (χ4v) is 2.78. The van der Waals surface area contributed by atoms with Crippen molar-refractivity contribution in [2.24, 2.45) is 0 Å². The van der Waals surface area contributed by atoms with Gasteiger partial charge in [-0.2, -0.15) is 0 Å². The molecule has 25 heavy (non-hydrogen) atoms. The van der Waals surface area contributed by atoms with Gasteiger partial charge in [-0.25, -0.2) is 4.98 Å². The first kappa shape index (κ1) is 17.0. The van der Waals surface area contributed by atoms with Crippen LogP contribution in [0.3, 0.4) is 0 Å². The van der Waals surface area contributed by atoms with Crippen LogP contribution in [0.2, 0.25) is 0 Å². The Morgan fingerprint density at radius 2 is 1.80 bits per heavy atom. The van der Waals surface area contributed by atoms with Crippen molar-refractivity contribution in [2.75, 3.05) is 5.32 Å². The number of anilines is 1. The number of nitrogens with zero attached hydrogens (tertiary/aromatic N) is 1. The van der Waals surface area contributed by atoms with Crippen LogP contribution in [0.1, 0.15) is 40.9 Å². The molecule has 1 aromatic heterocycles. The van der Waals surface area contributed by atoms with Crippen LogP contribution in [0, 0.1) is 13.8 Å². The monoisotopic (exact) mass is 334 g/mol. The molecule has 0 radical (unpaired) electrons. The Labute approximate surface area is 147 Å². The smallest absolute Gasteiger partial charge is 0.255 e. The Balaban J connectivity index is 1.76. The van der Waals surface area contributed by atoms with Crippen LogP contribution in [0.4, 0.5) is 5.69 Å². The summed E-state index contributed by atoms with van der Waals surface area (Å²) >= 11 is 0. The quantitative estimate of drug-likeness (QED) is 0.701. The number of aryl methyl sites for hydroxylation is 3. The zero-order valence-corrected chi connectivity index (χ0v) is 14.8. The van der Waals surface area contributed by atoms with Crippen LogP contribution in [-0.2, 0) is 6.42 Å². The number of hydrogen-bond acceptors (Lipinski definition) is 3. The summed E-state index contributed by atoms with van der Waals surface area (Å²) in [6, 6.07) is 15.2. The lowest BCUT2D eigenvalue weighted by Crippen LogP contribution is -2.13. The molecule has 0 aliphatic carbocycles. The van der Waals surface area contributed by atoms with E-state index < -0.39 is 0 Å². The fraction of sp³-hybridized carbons (Fsp3) is 0.238. The maximum atomic E-state index is 12.4. The fourth-order valence-electron chi connectivity index (χ4n) is 2.78. The van der Waals surface area contributed by atoms with E-state index in [1.807, 2.05) is 62.4 Å². The van der Waals surface area contributed by atoms with Crippen molar-refractivity contribution in [1.82, 2.24) is 4.98 Å². The van der Waals surface area contributed by atoms with Gasteiger partial charge in [0.05, 0.1) is 0 Å². The van der Waals surface area contributed by atoms with Crippen molar-refractivity contribution in [3.8, 4) is 11.3 Å². The Hall–Kier alpha value is -2.88. The molecule has 0 unspecified atom stereocenters. The van der Waals surface area contributed by atoms with Crippen LogP contribution in [-0.4, -0.2) is 10.9 Å². The van der Waals surface area contributed by atoms with Crippen molar-refractivity contribution >= 4 is 11.6 Å². The van der Waals surface area contributed by atoms with E-state index in [0.29, 0.717) is 5.56 Å². The third-order valence-electron chi connectivity index (χ3n) is 4.11. The molecule has 0 atom stereocenters. The zero-order valence-electron chi connectivity index (χ0n) is 14.8. The third kappa shape index (κ3) is 3.79. The summed E-state index contributed by atoms with van der Waals surface area (Å²) < 4.78 is 5.69. The van der Waals surface area contributed by atoms with Crippen molar-refractivity contribution < 1.29 is 9.21 Å². The zero-order chi connectivity index (χ0) is 17.8. The number of nitrogens with one attached hydrogen (secondary N) is 1. The third-order valence-corrected chi connectivity index (χ3v) is 4.11. The van der Waals surface area contributed by atoms with Gasteiger partial charge in [0.1, 0.15) is 11.5 Å². The molecule has 0 aliphatic rings. The van der Waals surface area contributed by atoms with Gasteiger partial charge in [-0.15, -0.1) is 0 Å². The second-order valence-corrected chi connectivity index (χ2v) is 6.11. The minimum atomic E-state index is -0.103. The van der Waals surface area contributed by atoms with E-state index in [1.54, 1.807) is 0 Å². The summed E-state index contributed by atoms with van der Waals surface area (Å²) in [7, 11) is 0. The van der Waals surface area contributed by atoms with Gasteiger partial charge in [0.15, 0.2) is 5.89 Å². The van der Waals surface area contributed by atoms with Gasteiger partial charge in [0.25, 0.3) is 5.91 Å². The number of aromatic nitrogens is 1. The van der Waals surface area contributed by atoms with Crippen molar-refractivity contribution in [3.63, 3.8) is 0 Å². The molecule has 128 valence electrons. The van der Waals surface area contributed by atoms with E-state index in [1.165, 1.54) is 0 Å². The minimum absolute atomic E-state index is 0.103. The van der Waals surface area contributed by atoms with Gasteiger partial charge < -0.3 is 9.73 Å². The molecule has 0 spiro atoms. The van der Waals surface area contributed by atoms with Crippen LogP contribution >= 0.6 is 0 Å². The largest absolute Gasteiger partial charge is 0.445 e. The molecule has 2 aromatic carbocycles. The molecular formula is C21H22N2O2. The normalized spacial score (nSPS) is 10.7. The molecule has 1 heterocycles. The van der Waals surface area contributed by atoms with Gasteiger partial charge in [-0.1, -0.05) is 37.3 Å². The highest BCUT2D eigenvalue weighted by atomic mass is 16.4. The number of carbonyl (C=O) groups is 1. The molecular weight excluding hydrogens is 312 g/mol. The lowest BCUT2D eigenvalue weighted by atomic mass is 10.1. The Kier molecular flexibility index (Phi) is 4.98. The maximum Gasteiger partial charge on any atom is 0.255 e. The number of benzene rings is 2. The van der Waals surface area contributed by atoms with Crippen LogP contribution in [0.15, 0.2) is 52.9 Å². The number of oxazole rings is 1. The molecule has 0 aliphatic heterocycles. The van der Waals surface area contributed by atoms with Gasteiger partial charge >= 0.3 is 0 Å². The highest BCUT2D eigenvalue weighted by molar-refractivity contribution is 6.05. The highest BCUT2D eigenvalue weighted by Crippen LogP contribution is 2.25. The maximum absolute atomic E-state index is 12.4. The number of rotatable bonds is 5. The Morgan fingerprint density at radius 3 is 2.48 bits per heavy atom. The van der Waals surface area contributed by atoms with Crippen molar-refractivity contribution in [3.05, 3.63) is 71.3 Å². The van der Waals surface area contributed by atoms with Crippen LogP contribution < -0.4 is 5.32 Å². The molecule has 1 N–H and O–H groups in total. The summed E-state index contributed by atoms with van der Waals surface area (Å²) in [6.45, 7) is 5.96. The Morgan fingerprint density at radius 1 is 1.08 bits per heavy atom. The van der Waals surface area contributed by atoms with E-state index in [0.717, 1.165) is 47.0 Å². The molecule has 0 fully saturated rings. The summed E-state index contributed by atoms with van der Waals surface area (Å²) in [6.07, 6.45) is 1.84. The minimum Gasteiger partial charge on any atom is -0.445 e. The van der Waals surface area contributed by atoms with Gasteiger partial charge in [0.2, 0.25) is 0 Å². The molecule has 0 saturated heterocycles. The predicted octanol–water partition coefficient (Wildman–Crippen LogP) is 5.16. The summed E-state index contributed by atoms with van der Waals surface area (Å²) in [4.78, 5) is 16.9. The SMILES string of the molecule is CCCc1nc(-c2ccc(NC(=O)c3ccccc3C)cc2)c(C)o1. The second kappa shape index (κ2) is 7.34. The topological polar surface area (TPSA) is 55.1 Å². The van der Waals surface area contributed by atoms with Gasteiger partial charge in [-0.05, 0) is 44.0 Å².